The number of benzene rings is 2. The topological polar surface area (TPSA) is 95.9 Å². The molecule has 0 aromatic heterocycles. The van der Waals surface area contributed by atoms with Crippen molar-refractivity contribution >= 4 is 17.8 Å². The van der Waals surface area contributed by atoms with Crippen molar-refractivity contribution in [2.75, 3.05) is 0 Å². The number of carboxylic acid groups (broad SMARTS) is 1. The van der Waals surface area contributed by atoms with Gasteiger partial charge in [0.05, 0.1) is 0 Å². The minimum Gasteiger partial charge on any atom is -0.479 e. The SMILES string of the molecule is CC(C)CC1C(=O)NC(Cc2ccccc2)(C(=O)O)C(=O)N1OCc1ccccc1. The molecule has 1 saturated heterocycles. The van der Waals surface area contributed by atoms with Crippen molar-refractivity contribution in [3.8, 4) is 0 Å². The first-order chi connectivity index (χ1) is 14.3. The number of hydroxylamine groups is 2. The summed E-state index contributed by atoms with van der Waals surface area (Å²) in [5.41, 5.74) is -0.690. The Hall–Kier alpha value is -3.19. The summed E-state index contributed by atoms with van der Waals surface area (Å²) in [7, 11) is 0. The number of aliphatic carboxylic acids is 1. The van der Waals surface area contributed by atoms with E-state index in [1.807, 2.05) is 44.2 Å². The van der Waals surface area contributed by atoms with Crippen molar-refractivity contribution in [3.63, 3.8) is 0 Å². The van der Waals surface area contributed by atoms with Crippen molar-refractivity contribution < 1.29 is 24.3 Å². The Morgan fingerprint density at radius 1 is 1.07 bits per heavy atom. The predicted molar refractivity (Wildman–Crippen MR) is 110 cm³/mol. The molecule has 2 N–H and O–H groups in total. The Morgan fingerprint density at radius 2 is 1.63 bits per heavy atom. The van der Waals surface area contributed by atoms with E-state index in [-0.39, 0.29) is 18.9 Å². The molecule has 2 atom stereocenters. The Morgan fingerprint density at radius 3 is 2.17 bits per heavy atom. The maximum atomic E-state index is 13.5. The summed E-state index contributed by atoms with van der Waals surface area (Å²) in [4.78, 5) is 44.5. The Labute approximate surface area is 175 Å². The van der Waals surface area contributed by atoms with Crippen molar-refractivity contribution in [2.45, 2.75) is 44.9 Å². The largest absolute Gasteiger partial charge is 0.479 e. The van der Waals surface area contributed by atoms with Crippen LogP contribution in [0.25, 0.3) is 0 Å². The molecule has 30 heavy (non-hydrogen) atoms. The Kier molecular flexibility index (Phi) is 6.52. The third-order valence-corrected chi connectivity index (χ3v) is 5.07. The van der Waals surface area contributed by atoms with Crippen LogP contribution in [-0.4, -0.2) is 39.5 Å². The Bertz CT molecular complexity index is 900. The quantitative estimate of drug-likeness (QED) is 0.652. The van der Waals surface area contributed by atoms with E-state index in [1.54, 1.807) is 30.3 Å². The van der Waals surface area contributed by atoms with Crippen LogP contribution in [0.4, 0.5) is 0 Å². The highest BCUT2D eigenvalue weighted by Crippen LogP contribution is 2.27. The molecule has 1 aliphatic rings. The van der Waals surface area contributed by atoms with Crippen LogP contribution in [0.15, 0.2) is 60.7 Å². The highest BCUT2D eigenvalue weighted by Gasteiger charge is 2.57. The second kappa shape index (κ2) is 9.09. The molecule has 0 aliphatic carbocycles. The van der Waals surface area contributed by atoms with Crippen molar-refractivity contribution in [1.29, 1.82) is 0 Å². The fourth-order valence-corrected chi connectivity index (χ4v) is 3.54. The summed E-state index contributed by atoms with van der Waals surface area (Å²) in [5.74, 6) is -2.63. The second-order valence-corrected chi connectivity index (χ2v) is 7.90. The molecular weight excluding hydrogens is 384 g/mol. The van der Waals surface area contributed by atoms with Crippen LogP contribution in [0.1, 0.15) is 31.4 Å². The first-order valence-electron chi connectivity index (χ1n) is 9.93. The van der Waals surface area contributed by atoms with Gasteiger partial charge >= 0.3 is 5.97 Å². The average Bonchev–Trinajstić information content (AvgIpc) is 2.72. The molecule has 3 rings (SSSR count). The minimum absolute atomic E-state index is 0.0511. The van der Waals surface area contributed by atoms with E-state index in [0.29, 0.717) is 12.0 Å². The van der Waals surface area contributed by atoms with Gasteiger partial charge in [-0.25, -0.2) is 9.86 Å². The molecule has 2 aromatic carbocycles. The molecule has 0 radical (unpaired) electrons. The highest BCUT2D eigenvalue weighted by atomic mass is 16.7. The monoisotopic (exact) mass is 410 g/mol. The van der Waals surface area contributed by atoms with Gasteiger partial charge in [-0.2, -0.15) is 0 Å². The molecular formula is C23H26N2O5. The van der Waals surface area contributed by atoms with Gasteiger partial charge in [0.2, 0.25) is 11.4 Å². The minimum atomic E-state index is -2.12. The van der Waals surface area contributed by atoms with Crippen LogP contribution >= 0.6 is 0 Å². The number of carbonyl (C=O) groups is 3. The van der Waals surface area contributed by atoms with Gasteiger partial charge in [-0.05, 0) is 23.5 Å². The van der Waals surface area contributed by atoms with Gasteiger partial charge in [-0.1, -0.05) is 74.5 Å². The van der Waals surface area contributed by atoms with Crippen LogP contribution in [0.5, 0.6) is 0 Å². The van der Waals surface area contributed by atoms with Crippen LogP contribution < -0.4 is 5.32 Å². The molecule has 0 spiro atoms. The number of carboxylic acids is 1. The molecule has 2 aromatic rings. The smallest absolute Gasteiger partial charge is 0.339 e. The van der Waals surface area contributed by atoms with Gasteiger partial charge < -0.3 is 10.4 Å². The predicted octanol–water partition coefficient (Wildman–Crippen LogP) is 2.56. The van der Waals surface area contributed by atoms with Crippen molar-refractivity contribution in [2.24, 2.45) is 5.92 Å². The van der Waals surface area contributed by atoms with E-state index in [1.165, 1.54) is 0 Å². The number of piperazine rings is 1. The summed E-state index contributed by atoms with van der Waals surface area (Å²) >= 11 is 0. The van der Waals surface area contributed by atoms with Crippen molar-refractivity contribution in [3.05, 3.63) is 71.8 Å². The summed E-state index contributed by atoms with van der Waals surface area (Å²) in [6, 6.07) is 17.1. The molecule has 2 amide bonds. The van der Waals surface area contributed by atoms with Crippen LogP contribution in [0.2, 0.25) is 0 Å². The van der Waals surface area contributed by atoms with E-state index >= 15 is 0 Å². The number of carbonyl (C=O) groups excluding carboxylic acids is 2. The van der Waals surface area contributed by atoms with Crippen molar-refractivity contribution in [1.82, 2.24) is 10.4 Å². The number of hydrogen-bond acceptors (Lipinski definition) is 4. The van der Waals surface area contributed by atoms with Gasteiger partial charge in [-0.3, -0.25) is 14.4 Å². The standard InChI is InChI=1S/C23H26N2O5/c1-16(2)13-19-20(26)24-23(22(28)29,14-17-9-5-3-6-10-17)21(27)25(19)30-15-18-11-7-4-8-12-18/h3-12,16,19H,13-15H2,1-2H3,(H,24,26)(H,28,29). The van der Waals surface area contributed by atoms with Gasteiger partial charge in [-0.15, -0.1) is 0 Å². The van der Waals surface area contributed by atoms with Gasteiger partial charge in [0, 0.05) is 6.42 Å². The molecule has 1 aliphatic heterocycles. The van der Waals surface area contributed by atoms with Gasteiger partial charge in [0.15, 0.2) is 0 Å². The lowest BCUT2D eigenvalue weighted by atomic mass is 9.85. The maximum Gasteiger partial charge on any atom is 0.339 e. The molecule has 158 valence electrons. The normalized spacial score (nSPS) is 21.6. The molecule has 7 heteroatoms. The van der Waals surface area contributed by atoms with Gasteiger partial charge in [0.1, 0.15) is 12.6 Å². The van der Waals surface area contributed by atoms with E-state index in [4.69, 9.17) is 4.84 Å². The molecule has 1 heterocycles. The summed E-state index contributed by atoms with van der Waals surface area (Å²) in [5, 5.41) is 13.5. The zero-order valence-corrected chi connectivity index (χ0v) is 17.1. The van der Waals surface area contributed by atoms with Crippen LogP contribution in [-0.2, 0) is 32.2 Å². The summed E-state index contributed by atoms with van der Waals surface area (Å²) in [6.45, 7) is 3.90. The molecule has 0 bridgehead atoms. The molecule has 7 nitrogen and oxygen atoms in total. The van der Waals surface area contributed by atoms with E-state index in [9.17, 15) is 19.5 Å². The maximum absolute atomic E-state index is 13.5. The first kappa shape index (κ1) is 21.5. The molecule has 1 fully saturated rings. The number of rotatable bonds is 8. The first-order valence-corrected chi connectivity index (χ1v) is 9.93. The highest BCUT2D eigenvalue weighted by molar-refractivity contribution is 6.13. The van der Waals surface area contributed by atoms with E-state index < -0.39 is 29.4 Å². The fourth-order valence-electron chi connectivity index (χ4n) is 3.54. The number of amides is 2. The zero-order chi connectivity index (χ0) is 21.7. The van der Waals surface area contributed by atoms with Gasteiger partial charge in [0.25, 0.3) is 5.91 Å². The third-order valence-electron chi connectivity index (χ3n) is 5.07. The Balaban J connectivity index is 1.94. The van der Waals surface area contributed by atoms with Crippen LogP contribution in [0.3, 0.4) is 0 Å². The lowest BCUT2D eigenvalue weighted by molar-refractivity contribution is -0.223. The third kappa shape index (κ3) is 4.52. The summed E-state index contributed by atoms with van der Waals surface area (Å²) in [6.07, 6.45) is 0.181. The van der Waals surface area contributed by atoms with E-state index in [0.717, 1.165) is 10.6 Å². The summed E-state index contributed by atoms with van der Waals surface area (Å²) < 4.78 is 0. The lowest BCUT2D eigenvalue weighted by Crippen LogP contribution is -2.74. The lowest BCUT2D eigenvalue weighted by Gasteiger charge is -2.43. The number of nitrogens with zero attached hydrogens (tertiary/aromatic N) is 1. The molecule has 0 saturated carbocycles. The number of nitrogens with one attached hydrogen (secondary N) is 1. The fraction of sp³-hybridized carbons (Fsp3) is 0.348. The van der Waals surface area contributed by atoms with Crippen LogP contribution in [0, 0.1) is 5.92 Å². The second-order valence-electron chi connectivity index (χ2n) is 7.90. The average molecular weight is 410 g/mol. The zero-order valence-electron chi connectivity index (χ0n) is 17.1. The molecule has 2 unspecified atom stereocenters. The van der Waals surface area contributed by atoms with E-state index in [2.05, 4.69) is 5.32 Å². The number of hydrogen-bond donors (Lipinski definition) is 2.